The summed E-state index contributed by atoms with van der Waals surface area (Å²) >= 11 is 5.94. The second-order valence-electron chi connectivity index (χ2n) is 10.4. The van der Waals surface area contributed by atoms with E-state index in [9.17, 15) is 19.1 Å². The summed E-state index contributed by atoms with van der Waals surface area (Å²) in [6.07, 6.45) is 5.47. The molecule has 2 aliphatic carbocycles. The molecule has 2 bridgehead atoms. The summed E-state index contributed by atoms with van der Waals surface area (Å²) in [7, 11) is 0. The Labute approximate surface area is 212 Å². The molecule has 36 heavy (non-hydrogen) atoms. The molecule has 0 radical (unpaired) electrons. The van der Waals surface area contributed by atoms with Crippen LogP contribution in [0, 0.1) is 11.2 Å². The predicted octanol–water partition coefficient (Wildman–Crippen LogP) is 4.57. The Kier molecular flexibility index (Phi) is 5.57. The zero-order valence-electron chi connectivity index (χ0n) is 19.8. The second kappa shape index (κ2) is 8.56. The van der Waals surface area contributed by atoms with Gasteiger partial charge in [0.15, 0.2) is 0 Å². The van der Waals surface area contributed by atoms with Crippen LogP contribution in [0.2, 0.25) is 5.02 Å². The number of pyridine rings is 1. The van der Waals surface area contributed by atoms with E-state index in [2.05, 4.69) is 4.98 Å². The fourth-order valence-electron chi connectivity index (χ4n) is 6.41. The van der Waals surface area contributed by atoms with Gasteiger partial charge in [0, 0.05) is 34.4 Å². The minimum absolute atomic E-state index is 0.0602. The highest BCUT2D eigenvalue weighted by Gasteiger charge is 2.59. The first kappa shape index (κ1) is 23.4. The number of aliphatic carboxylic acids is 1. The molecule has 1 N–H and O–H groups in total. The van der Waals surface area contributed by atoms with Crippen molar-refractivity contribution < 1.29 is 23.8 Å². The standard InChI is InChI=1S/C27H27ClFN3O4/c28-18-4-3-17(21(29)12-18)13-32-22-14-31(11-5-19(22)20-2-1-10-30-24(20)32)23(33)15-36-27-8-6-26(16-27,7-9-27)25(34)35/h1-4,10,12H,5-9,11,13-16H2,(H,34,35). The van der Waals surface area contributed by atoms with Crippen LogP contribution in [0.4, 0.5) is 4.39 Å². The number of benzene rings is 1. The van der Waals surface area contributed by atoms with Crippen LogP contribution in [0.1, 0.15) is 48.9 Å². The smallest absolute Gasteiger partial charge is 0.309 e. The molecule has 7 nitrogen and oxygen atoms in total. The number of hydrogen-bond donors (Lipinski definition) is 1. The maximum absolute atomic E-state index is 14.6. The molecule has 0 atom stereocenters. The first-order chi connectivity index (χ1) is 17.3. The largest absolute Gasteiger partial charge is 0.481 e. The van der Waals surface area contributed by atoms with Gasteiger partial charge in [-0.05, 0) is 68.4 Å². The van der Waals surface area contributed by atoms with Crippen molar-refractivity contribution in [3.8, 4) is 0 Å². The number of fused-ring (bicyclic) bond motifs is 5. The van der Waals surface area contributed by atoms with Crippen molar-refractivity contribution in [2.75, 3.05) is 13.2 Å². The summed E-state index contributed by atoms with van der Waals surface area (Å²) in [5, 5.41) is 11.0. The molecule has 2 aromatic heterocycles. The lowest BCUT2D eigenvalue weighted by atomic mass is 9.84. The first-order valence-electron chi connectivity index (χ1n) is 12.3. The van der Waals surface area contributed by atoms with Crippen LogP contribution in [0.3, 0.4) is 0 Å². The van der Waals surface area contributed by atoms with Crippen molar-refractivity contribution in [3.63, 3.8) is 0 Å². The quantitative estimate of drug-likeness (QED) is 0.524. The highest BCUT2D eigenvalue weighted by Crippen LogP contribution is 2.58. The van der Waals surface area contributed by atoms with E-state index in [0.29, 0.717) is 62.2 Å². The van der Waals surface area contributed by atoms with Gasteiger partial charge in [-0.3, -0.25) is 9.59 Å². The van der Waals surface area contributed by atoms with Gasteiger partial charge < -0.3 is 19.3 Å². The van der Waals surface area contributed by atoms with E-state index in [1.165, 1.54) is 6.07 Å². The van der Waals surface area contributed by atoms with Crippen LogP contribution in [0.5, 0.6) is 0 Å². The molecule has 2 fully saturated rings. The number of carbonyl (C=O) groups is 2. The second-order valence-corrected chi connectivity index (χ2v) is 10.9. The number of rotatable bonds is 6. The van der Waals surface area contributed by atoms with Crippen LogP contribution >= 0.6 is 11.6 Å². The normalized spacial score (nSPS) is 24.9. The Morgan fingerprint density at radius 3 is 2.72 bits per heavy atom. The number of nitrogens with zero attached hydrogens (tertiary/aromatic N) is 3. The van der Waals surface area contributed by atoms with Crippen LogP contribution in [-0.2, 0) is 33.8 Å². The van der Waals surface area contributed by atoms with Crippen LogP contribution in [0.25, 0.3) is 11.0 Å². The molecular weight excluding hydrogens is 485 g/mol. The number of hydrogen-bond acceptors (Lipinski definition) is 4. The number of carboxylic acid groups (broad SMARTS) is 1. The SMILES string of the molecule is O=C(COC12CCC(C(=O)O)(CC1)C2)N1CCc2c(n(Cc3ccc(Cl)cc3F)c3ncccc23)C1. The summed E-state index contributed by atoms with van der Waals surface area (Å²) in [4.78, 5) is 31.3. The Morgan fingerprint density at radius 2 is 2.00 bits per heavy atom. The number of carboxylic acids is 1. The van der Waals surface area contributed by atoms with Gasteiger partial charge in [-0.25, -0.2) is 9.37 Å². The molecule has 3 heterocycles. The number of aromatic nitrogens is 2. The number of amides is 1. The third-order valence-corrected chi connectivity index (χ3v) is 8.68. The fourth-order valence-corrected chi connectivity index (χ4v) is 6.57. The van der Waals surface area contributed by atoms with Crippen LogP contribution in [0.15, 0.2) is 36.5 Å². The van der Waals surface area contributed by atoms with Crippen molar-refractivity contribution in [1.29, 1.82) is 0 Å². The van der Waals surface area contributed by atoms with Gasteiger partial charge >= 0.3 is 5.97 Å². The third kappa shape index (κ3) is 3.78. The molecule has 2 saturated carbocycles. The van der Waals surface area contributed by atoms with Gasteiger partial charge in [-0.15, -0.1) is 0 Å². The van der Waals surface area contributed by atoms with Gasteiger partial charge in [-0.2, -0.15) is 0 Å². The molecular formula is C27H27ClFN3O4. The van der Waals surface area contributed by atoms with E-state index >= 15 is 0 Å². The van der Waals surface area contributed by atoms with Crippen molar-refractivity contribution in [1.82, 2.24) is 14.5 Å². The van der Waals surface area contributed by atoms with Crippen molar-refractivity contribution >= 4 is 34.5 Å². The number of ether oxygens (including phenoxy) is 1. The first-order valence-corrected chi connectivity index (χ1v) is 12.7. The van der Waals surface area contributed by atoms with E-state index in [1.54, 1.807) is 23.2 Å². The van der Waals surface area contributed by atoms with E-state index in [1.807, 2.05) is 16.7 Å². The highest BCUT2D eigenvalue weighted by atomic mass is 35.5. The summed E-state index contributed by atoms with van der Waals surface area (Å²) < 4.78 is 22.8. The van der Waals surface area contributed by atoms with Crippen molar-refractivity contribution in [3.05, 3.63) is 64.2 Å². The summed E-state index contributed by atoms with van der Waals surface area (Å²) in [6.45, 7) is 1.17. The van der Waals surface area contributed by atoms with Crippen LogP contribution in [-0.4, -0.2) is 50.2 Å². The molecule has 188 valence electrons. The molecule has 9 heteroatoms. The fraction of sp³-hybridized carbons (Fsp3) is 0.444. The van der Waals surface area contributed by atoms with Gasteiger partial charge in [0.25, 0.3) is 0 Å². The minimum atomic E-state index is -0.751. The Hall–Kier alpha value is -2.97. The Morgan fingerprint density at radius 1 is 1.19 bits per heavy atom. The summed E-state index contributed by atoms with van der Waals surface area (Å²) in [5.41, 5.74) is 2.16. The molecule has 0 unspecified atom stereocenters. The number of carbonyl (C=O) groups excluding carboxylic acids is 1. The monoisotopic (exact) mass is 511 g/mol. The molecule has 3 aromatic rings. The van der Waals surface area contributed by atoms with Crippen molar-refractivity contribution in [2.45, 2.75) is 57.2 Å². The third-order valence-electron chi connectivity index (χ3n) is 8.44. The molecule has 6 rings (SSSR count). The molecule has 0 spiro atoms. The zero-order chi connectivity index (χ0) is 25.1. The van der Waals surface area contributed by atoms with Gasteiger partial charge in [0.1, 0.15) is 18.1 Å². The lowest BCUT2D eigenvalue weighted by molar-refractivity contribution is -0.148. The zero-order valence-corrected chi connectivity index (χ0v) is 20.6. The molecule has 1 aliphatic heterocycles. The van der Waals surface area contributed by atoms with Crippen LogP contribution < -0.4 is 0 Å². The minimum Gasteiger partial charge on any atom is -0.481 e. The lowest BCUT2D eigenvalue weighted by Crippen LogP contribution is -2.41. The molecule has 1 aromatic carbocycles. The Balaban J connectivity index is 1.22. The van der Waals surface area contributed by atoms with E-state index in [0.717, 1.165) is 22.3 Å². The molecule has 3 aliphatic rings. The molecule has 0 saturated heterocycles. The maximum atomic E-state index is 14.6. The van der Waals surface area contributed by atoms with Gasteiger partial charge in [0.05, 0.1) is 24.1 Å². The lowest BCUT2D eigenvalue weighted by Gasteiger charge is -2.31. The van der Waals surface area contributed by atoms with Gasteiger partial charge in [-0.1, -0.05) is 17.7 Å². The van der Waals surface area contributed by atoms with E-state index < -0.39 is 17.0 Å². The highest BCUT2D eigenvalue weighted by molar-refractivity contribution is 6.30. The number of halogens is 2. The van der Waals surface area contributed by atoms with Gasteiger partial charge in [0.2, 0.25) is 5.91 Å². The van der Waals surface area contributed by atoms with E-state index in [4.69, 9.17) is 16.3 Å². The Bertz CT molecular complexity index is 1380. The van der Waals surface area contributed by atoms with Crippen molar-refractivity contribution in [2.24, 2.45) is 5.41 Å². The average molecular weight is 512 g/mol. The molecule has 1 amide bonds. The summed E-state index contributed by atoms with van der Waals surface area (Å²) in [5.74, 6) is -1.24. The predicted molar refractivity (Wildman–Crippen MR) is 131 cm³/mol. The average Bonchev–Trinajstić information content (AvgIpc) is 3.54. The summed E-state index contributed by atoms with van der Waals surface area (Å²) in [6, 6.07) is 8.56. The maximum Gasteiger partial charge on any atom is 0.309 e. The topological polar surface area (TPSA) is 84.7 Å². The van der Waals surface area contributed by atoms with E-state index in [-0.39, 0.29) is 24.9 Å².